The number of nitrogens with zero attached hydrogens (tertiary/aromatic N) is 1. The summed E-state index contributed by atoms with van der Waals surface area (Å²) in [6.45, 7) is 1.56. The van der Waals surface area contributed by atoms with Crippen LogP contribution in [0.25, 0.3) is 0 Å². The molecule has 2 amide bonds. The standard InChI is InChI=1S/C17H17N3O6/c1-11-3-8-14(15(9-11)25-2)26-10-16(21)18-19-17(22)12-4-6-13(7-5-12)20(23)24/h3-9H,10H2,1-2H3,(H,18,21)(H,19,22). The van der Waals surface area contributed by atoms with Crippen LogP contribution in [-0.4, -0.2) is 30.5 Å². The molecule has 0 spiro atoms. The normalized spacial score (nSPS) is 9.92. The summed E-state index contributed by atoms with van der Waals surface area (Å²) in [4.78, 5) is 33.7. The molecule has 2 N–H and O–H groups in total. The summed E-state index contributed by atoms with van der Waals surface area (Å²) in [6.07, 6.45) is 0. The van der Waals surface area contributed by atoms with Crippen LogP contribution in [0, 0.1) is 17.0 Å². The van der Waals surface area contributed by atoms with Gasteiger partial charge >= 0.3 is 0 Å². The van der Waals surface area contributed by atoms with Gasteiger partial charge in [-0.1, -0.05) is 6.07 Å². The number of rotatable bonds is 6. The lowest BCUT2D eigenvalue weighted by atomic mass is 10.2. The van der Waals surface area contributed by atoms with E-state index in [1.165, 1.54) is 31.4 Å². The first-order valence-electron chi connectivity index (χ1n) is 7.52. The van der Waals surface area contributed by atoms with Gasteiger partial charge in [-0.3, -0.25) is 30.6 Å². The Morgan fingerprint density at radius 3 is 2.38 bits per heavy atom. The van der Waals surface area contributed by atoms with Crippen molar-refractivity contribution in [2.75, 3.05) is 13.7 Å². The van der Waals surface area contributed by atoms with Crippen LogP contribution < -0.4 is 20.3 Å². The van der Waals surface area contributed by atoms with Gasteiger partial charge < -0.3 is 9.47 Å². The second-order valence-corrected chi connectivity index (χ2v) is 5.25. The Kier molecular flexibility index (Phi) is 6.10. The summed E-state index contributed by atoms with van der Waals surface area (Å²) in [5, 5.41) is 10.6. The predicted molar refractivity (Wildman–Crippen MR) is 91.9 cm³/mol. The zero-order chi connectivity index (χ0) is 19.1. The zero-order valence-corrected chi connectivity index (χ0v) is 14.1. The van der Waals surface area contributed by atoms with E-state index in [9.17, 15) is 19.7 Å². The summed E-state index contributed by atoms with van der Waals surface area (Å²) >= 11 is 0. The average Bonchev–Trinajstić information content (AvgIpc) is 2.64. The summed E-state index contributed by atoms with van der Waals surface area (Å²) < 4.78 is 10.5. The Morgan fingerprint density at radius 1 is 1.08 bits per heavy atom. The smallest absolute Gasteiger partial charge is 0.276 e. The highest BCUT2D eigenvalue weighted by molar-refractivity contribution is 5.95. The highest BCUT2D eigenvalue weighted by Gasteiger charge is 2.11. The molecular formula is C17H17N3O6. The largest absolute Gasteiger partial charge is 0.493 e. The van der Waals surface area contributed by atoms with Crippen LogP contribution in [0.1, 0.15) is 15.9 Å². The van der Waals surface area contributed by atoms with Crippen LogP contribution in [0.2, 0.25) is 0 Å². The van der Waals surface area contributed by atoms with Crippen molar-refractivity contribution in [3.63, 3.8) is 0 Å². The molecular weight excluding hydrogens is 342 g/mol. The minimum absolute atomic E-state index is 0.133. The Labute approximate surface area is 149 Å². The van der Waals surface area contributed by atoms with Gasteiger partial charge in [-0.05, 0) is 36.8 Å². The van der Waals surface area contributed by atoms with Crippen LogP contribution in [0.15, 0.2) is 42.5 Å². The number of ether oxygens (including phenoxy) is 2. The number of benzene rings is 2. The van der Waals surface area contributed by atoms with Crippen LogP contribution in [0.3, 0.4) is 0 Å². The van der Waals surface area contributed by atoms with Crippen LogP contribution >= 0.6 is 0 Å². The number of amides is 2. The monoisotopic (exact) mass is 359 g/mol. The third-order valence-electron chi connectivity index (χ3n) is 3.33. The zero-order valence-electron chi connectivity index (χ0n) is 14.1. The molecule has 9 heteroatoms. The molecule has 0 heterocycles. The summed E-state index contributed by atoms with van der Waals surface area (Å²) in [5.74, 6) is -0.299. The minimum atomic E-state index is -0.610. The quantitative estimate of drug-likeness (QED) is 0.599. The molecule has 9 nitrogen and oxygen atoms in total. The van der Waals surface area contributed by atoms with Crippen LogP contribution in [0.4, 0.5) is 5.69 Å². The number of hydrogen-bond donors (Lipinski definition) is 2. The molecule has 0 aromatic heterocycles. The van der Waals surface area contributed by atoms with Crippen molar-refractivity contribution in [2.24, 2.45) is 0 Å². The van der Waals surface area contributed by atoms with Crippen LogP contribution in [-0.2, 0) is 4.79 Å². The van der Waals surface area contributed by atoms with E-state index in [1.54, 1.807) is 12.1 Å². The molecule has 0 saturated carbocycles. The maximum atomic E-state index is 11.9. The molecule has 0 radical (unpaired) electrons. The lowest BCUT2D eigenvalue weighted by molar-refractivity contribution is -0.384. The van der Waals surface area contributed by atoms with Crippen LogP contribution in [0.5, 0.6) is 11.5 Å². The lowest BCUT2D eigenvalue weighted by Crippen LogP contribution is -2.43. The van der Waals surface area contributed by atoms with E-state index in [2.05, 4.69) is 10.9 Å². The molecule has 0 bridgehead atoms. The number of methoxy groups -OCH3 is 1. The molecule has 0 saturated heterocycles. The molecule has 0 fully saturated rings. The highest BCUT2D eigenvalue weighted by atomic mass is 16.6. The fraction of sp³-hybridized carbons (Fsp3) is 0.176. The van der Waals surface area contributed by atoms with E-state index in [1.807, 2.05) is 13.0 Å². The molecule has 2 rings (SSSR count). The fourth-order valence-corrected chi connectivity index (χ4v) is 2.01. The second kappa shape index (κ2) is 8.47. The van der Waals surface area contributed by atoms with E-state index in [0.29, 0.717) is 11.5 Å². The number of carbonyl (C=O) groups excluding carboxylic acids is 2. The first-order chi connectivity index (χ1) is 12.4. The fourth-order valence-electron chi connectivity index (χ4n) is 2.01. The average molecular weight is 359 g/mol. The summed E-state index contributed by atoms with van der Waals surface area (Å²) in [6, 6.07) is 10.2. The van der Waals surface area contributed by atoms with Gasteiger partial charge in [0.1, 0.15) is 0 Å². The van der Waals surface area contributed by atoms with Gasteiger partial charge in [-0.15, -0.1) is 0 Å². The third kappa shape index (κ3) is 4.94. The van der Waals surface area contributed by atoms with E-state index in [0.717, 1.165) is 5.56 Å². The van der Waals surface area contributed by atoms with Crippen molar-refractivity contribution in [3.05, 3.63) is 63.7 Å². The third-order valence-corrected chi connectivity index (χ3v) is 3.33. The van der Waals surface area contributed by atoms with Gasteiger partial charge in [0.25, 0.3) is 17.5 Å². The number of non-ortho nitro benzene ring substituents is 1. The Morgan fingerprint density at radius 2 is 1.77 bits per heavy atom. The van der Waals surface area contributed by atoms with Gasteiger partial charge in [0.15, 0.2) is 18.1 Å². The number of nitro groups is 1. The lowest BCUT2D eigenvalue weighted by Gasteiger charge is -2.12. The van der Waals surface area contributed by atoms with Gasteiger partial charge in [-0.25, -0.2) is 0 Å². The molecule has 26 heavy (non-hydrogen) atoms. The number of aryl methyl sites for hydroxylation is 1. The van der Waals surface area contributed by atoms with E-state index < -0.39 is 16.7 Å². The van der Waals surface area contributed by atoms with Crippen molar-refractivity contribution in [1.82, 2.24) is 10.9 Å². The SMILES string of the molecule is COc1cc(C)ccc1OCC(=O)NNC(=O)c1ccc([N+](=O)[O-])cc1. The van der Waals surface area contributed by atoms with Gasteiger partial charge in [0.2, 0.25) is 0 Å². The molecule has 0 aliphatic heterocycles. The van der Waals surface area contributed by atoms with E-state index in [-0.39, 0.29) is 17.9 Å². The molecule has 0 unspecified atom stereocenters. The van der Waals surface area contributed by atoms with Crippen molar-refractivity contribution in [1.29, 1.82) is 0 Å². The maximum absolute atomic E-state index is 11.9. The van der Waals surface area contributed by atoms with Gasteiger partial charge in [0.05, 0.1) is 12.0 Å². The van der Waals surface area contributed by atoms with Crippen molar-refractivity contribution in [2.45, 2.75) is 6.92 Å². The summed E-state index contributed by atoms with van der Waals surface area (Å²) in [5.41, 5.74) is 5.41. The molecule has 0 aliphatic carbocycles. The minimum Gasteiger partial charge on any atom is -0.493 e. The molecule has 0 atom stereocenters. The van der Waals surface area contributed by atoms with E-state index >= 15 is 0 Å². The molecule has 0 aliphatic rings. The Balaban J connectivity index is 1.84. The topological polar surface area (TPSA) is 120 Å². The highest BCUT2D eigenvalue weighted by Crippen LogP contribution is 2.27. The van der Waals surface area contributed by atoms with Crippen molar-refractivity contribution in [3.8, 4) is 11.5 Å². The van der Waals surface area contributed by atoms with Gasteiger partial charge in [-0.2, -0.15) is 0 Å². The maximum Gasteiger partial charge on any atom is 0.276 e. The number of hydrazine groups is 1. The summed E-state index contributed by atoms with van der Waals surface area (Å²) in [7, 11) is 1.49. The van der Waals surface area contributed by atoms with Crippen molar-refractivity contribution < 1.29 is 24.0 Å². The second-order valence-electron chi connectivity index (χ2n) is 5.25. The predicted octanol–water partition coefficient (Wildman–Crippen LogP) is 1.75. The number of carbonyl (C=O) groups is 2. The molecule has 2 aromatic rings. The van der Waals surface area contributed by atoms with E-state index in [4.69, 9.17) is 9.47 Å². The number of hydrogen-bond acceptors (Lipinski definition) is 6. The first kappa shape index (κ1) is 18.7. The Hall–Kier alpha value is -3.62. The van der Waals surface area contributed by atoms with Gasteiger partial charge in [0, 0.05) is 17.7 Å². The number of nitro benzene ring substituents is 1. The van der Waals surface area contributed by atoms with Crippen molar-refractivity contribution >= 4 is 17.5 Å². The Bertz CT molecular complexity index is 820. The number of nitrogens with one attached hydrogen (secondary N) is 2. The first-order valence-corrected chi connectivity index (χ1v) is 7.52. The molecule has 2 aromatic carbocycles. The molecule has 136 valence electrons.